The number of carbonyl (C=O) groups excluding carboxylic acids is 1. The number of rotatable bonds is 4. The highest BCUT2D eigenvalue weighted by Crippen LogP contribution is 2.19. The van der Waals surface area contributed by atoms with Crippen LogP contribution in [0.15, 0.2) is 5.51 Å². The average Bonchev–Trinajstić information content (AvgIpc) is 2.72. The van der Waals surface area contributed by atoms with E-state index in [4.69, 9.17) is 0 Å². The molecule has 1 unspecified atom stereocenters. The third kappa shape index (κ3) is 3.36. The number of hydrogen-bond donors (Lipinski definition) is 0. The molecular formula is C13H20N2OS. The second kappa shape index (κ2) is 5.74. The maximum absolute atomic E-state index is 11.4. The summed E-state index contributed by atoms with van der Waals surface area (Å²) in [5, 5.41) is 0. The Bertz CT molecular complexity index is 389. The SMILES string of the molecule is CC(=O)C1CCCN(CCc2scnc2C)C1. The monoisotopic (exact) mass is 252 g/mol. The van der Waals surface area contributed by atoms with Crippen LogP contribution in [-0.2, 0) is 11.2 Å². The van der Waals surface area contributed by atoms with E-state index in [9.17, 15) is 4.79 Å². The quantitative estimate of drug-likeness (QED) is 0.824. The second-order valence-electron chi connectivity index (χ2n) is 4.86. The molecule has 0 radical (unpaired) electrons. The Hall–Kier alpha value is -0.740. The lowest BCUT2D eigenvalue weighted by molar-refractivity contribution is -0.122. The summed E-state index contributed by atoms with van der Waals surface area (Å²) in [7, 11) is 0. The highest BCUT2D eigenvalue weighted by molar-refractivity contribution is 7.09. The van der Waals surface area contributed by atoms with E-state index < -0.39 is 0 Å². The summed E-state index contributed by atoms with van der Waals surface area (Å²) in [6, 6.07) is 0. The summed E-state index contributed by atoms with van der Waals surface area (Å²) in [4.78, 5) is 19.5. The lowest BCUT2D eigenvalue weighted by Gasteiger charge is -2.31. The number of nitrogens with zero attached hydrogens (tertiary/aromatic N) is 2. The van der Waals surface area contributed by atoms with Gasteiger partial charge in [-0.15, -0.1) is 11.3 Å². The normalized spacial score (nSPS) is 21.6. The second-order valence-corrected chi connectivity index (χ2v) is 5.80. The van der Waals surface area contributed by atoms with E-state index in [2.05, 4.69) is 16.8 Å². The van der Waals surface area contributed by atoms with Gasteiger partial charge < -0.3 is 4.90 Å². The number of ketones is 1. The number of aryl methyl sites for hydroxylation is 1. The maximum atomic E-state index is 11.4. The zero-order valence-electron chi connectivity index (χ0n) is 10.6. The smallest absolute Gasteiger partial charge is 0.134 e. The molecule has 1 atom stereocenters. The van der Waals surface area contributed by atoms with Crippen molar-refractivity contribution in [3.63, 3.8) is 0 Å². The first-order valence-electron chi connectivity index (χ1n) is 6.28. The van der Waals surface area contributed by atoms with Crippen LogP contribution < -0.4 is 0 Å². The summed E-state index contributed by atoms with van der Waals surface area (Å²) in [5.74, 6) is 0.620. The van der Waals surface area contributed by atoms with Crippen molar-refractivity contribution in [1.29, 1.82) is 0 Å². The van der Waals surface area contributed by atoms with Crippen molar-refractivity contribution in [1.82, 2.24) is 9.88 Å². The Kier molecular flexibility index (Phi) is 4.29. The van der Waals surface area contributed by atoms with Crippen LogP contribution in [0.1, 0.15) is 30.3 Å². The van der Waals surface area contributed by atoms with Crippen molar-refractivity contribution in [3.05, 3.63) is 16.1 Å². The molecule has 4 heteroatoms. The van der Waals surface area contributed by atoms with Gasteiger partial charge in [0.05, 0.1) is 11.2 Å². The molecule has 2 heterocycles. The molecule has 94 valence electrons. The van der Waals surface area contributed by atoms with Gasteiger partial charge in [0, 0.05) is 23.9 Å². The molecule has 2 rings (SSSR count). The van der Waals surface area contributed by atoms with Gasteiger partial charge in [-0.2, -0.15) is 0 Å². The van der Waals surface area contributed by atoms with Crippen LogP contribution in [0.4, 0.5) is 0 Å². The first kappa shape index (κ1) is 12.7. The molecule has 0 aliphatic carbocycles. The topological polar surface area (TPSA) is 33.2 Å². The molecule has 0 saturated carbocycles. The minimum Gasteiger partial charge on any atom is -0.302 e. The Morgan fingerprint density at radius 1 is 1.65 bits per heavy atom. The van der Waals surface area contributed by atoms with Crippen molar-refractivity contribution in [2.45, 2.75) is 33.1 Å². The molecule has 1 fully saturated rings. The molecule has 1 aliphatic rings. The van der Waals surface area contributed by atoms with E-state index in [1.807, 2.05) is 5.51 Å². The predicted octanol–water partition coefficient (Wildman–Crippen LogP) is 2.30. The van der Waals surface area contributed by atoms with E-state index in [1.54, 1.807) is 18.3 Å². The summed E-state index contributed by atoms with van der Waals surface area (Å²) in [5.41, 5.74) is 3.08. The number of Topliss-reactive ketones (excluding diaryl/α,β-unsaturated/α-hetero) is 1. The number of likely N-dealkylation sites (tertiary alicyclic amines) is 1. The fourth-order valence-corrected chi connectivity index (χ4v) is 3.19. The number of hydrogen-bond acceptors (Lipinski definition) is 4. The van der Waals surface area contributed by atoms with Crippen molar-refractivity contribution in [3.8, 4) is 0 Å². The Morgan fingerprint density at radius 2 is 2.47 bits per heavy atom. The van der Waals surface area contributed by atoms with Crippen molar-refractivity contribution < 1.29 is 4.79 Å². The lowest BCUT2D eigenvalue weighted by Crippen LogP contribution is -2.39. The standard InChI is InChI=1S/C13H20N2OS/c1-10-13(17-9-14-10)5-7-15-6-3-4-12(8-15)11(2)16/h9,12H,3-8H2,1-2H3. The fourth-order valence-electron chi connectivity index (χ4n) is 2.42. The highest BCUT2D eigenvalue weighted by Gasteiger charge is 2.22. The molecule has 3 nitrogen and oxygen atoms in total. The van der Waals surface area contributed by atoms with Crippen LogP contribution in [0.3, 0.4) is 0 Å². The number of aromatic nitrogens is 1. The number of carbonyl (C=O) groups is 1. The third-order valence-electron chi connectivity index (χ3n) is 3.58. The minimum absolute atomic E-state index is 0.270. The van der Waals surface area contributed by atoms with Crippen LogP contribution in [-0.4, -0.2) is 35.3 Å². The molecule has 17 heavy (non-hydrogen) atoms. The van der Waals surface area contributed by atoms with Crippen molar-refractivity contribution in [2.75, 3.05) is 19.6 Å². The molecule has 1 aromatic heterocycles. The molecule has 0 N–H and O–H groups in total. The molecule has 1 aliphatic heterocycles. The molecule has 0 bridgehead atoms. The lowest BCUT2D eigenvalue weighted by atomic mass is 9.94. The molecular weight excluding hydrogens is 232 g/mol. The predicted molar refractivity (Wildman–Crippen MR) is 70.4 cm³/mol. The van der Waals surface area contributed by atoms with Crippen LogP contribution in [0.2, 0.25) is 0 Å². The van der Waals surface area contributed by atoms with E-state index >= 15 is 0 Å². The fraction of sp³-hybridized carbons (Fsp3) is 0.692. The van der Waals surface area contributed by atoms with Crippen LogP contribution in [0.5, 0.6) is 0 Å². The Labute approximate surface area is 107 Å². The minimum atomic E-state index is 0.270. The van der Waals surface area contributed by atoms with Crippen molar-refractivity contribution in [2.24, 2.45) is 5.92 Å². The summed E-state index contributed by atoms with van der Waals surface area (Å²) >= 11 is 1.74. The van der Waals surface area contributed by atoms with Gasteiger partial charge in [-0.25, -0.2) is 4.98 Å². The maximum Gasteiger partial charge on any atom is 0.134 e. The van der Waals surface area contributed by atoms with Gasteiger partial charge in [0.25, 0.3) is 0 Å². The first-order chi connectivity index (χ1) is 8.16. The zero-order chi connectivity index (χ0) is 12.3. The average molecular weight is 252 g/mol. The molecule has 0 aromatic carbocycles. The number of piperidine rings is 1. The van der Waals surface area contributed by atoms with Crippen molar-refractivity contribution >= 4 is 17.1 Å². The van der Waals surface area contributed by atoms with Crippen LogP contribution >= 0.6 is 11.3 Å². The Balaban J connectivity index is 1.83. The Morgan fingerprint density at radius 3 is 3.12 bits per heavy atom. The van der Waals surface area contributed by atoms with Gasteiger partial charge in [-0.05, 0) is 39.7 Å². The van der Waals surface area contributed by atoms with Gasteiger partial charge in [-0.1, -0.05) is 0 Å². The summed E-state index contributed by atoms with van der Waals surface area (Å²) < 4.78 is 0. The van der Waals surface area contributed by atoms with E-state index in [0.717, 1.165) is 44.6 Å². The molecule has 0 amide bonds. The van der Waals surface area contributed by atoms with E-state index in [1.165, 1.54) is 4.88 Å². The van der Waals surface area contributed by atoms with Gasteiger partial charge in [0.15, 0.2) is 0 Å². The first-order valence-corrected chi connectivity index (χ1v) is 7.16. The van der Waals surface area contributed by atoms with Gasteiger partial charge in [0.2, 0.25) is 0 Å². The van der Waals surface area contributed by atoms with E-state index in [-0.39, 0.29) is 5.92 Å². The third-order valence-corrected chi connectivity index (χ3v) is 4.58. The van der Waals surface area contributed by atoms with E-state index in [0.29, 0.717) is 5.78 Å². The highest BCUT2D eigenvalue weighted by atomic mass is 32.1. The van der Waals surface area contributed by atoms with Crippen LogP contribution in [0.25, 0.3) is 0 Å². The molecule has 1 aromatic rings. The summed E-state index contributed by atoms with van der Waals surface area (Å²) in [6.45, 7) is 6.95. The largest absolute Gasteiger partial charge is 0.302 e. The van der Waals surface area contributed by atoms with Crippen LogP contribution in [0, 0.1) is 12.8 Å². The summed E-state index contributed by atoms with van der Waals surface area (Å²) in [6.07, 6.45) is 3.30. The van der Waals surface area contributed by atoms with Gasteiger partial charge >= 0.3 is 0 Å². The zero-order valence-corrected chi connectivity index (χ0v) is 11.4. The molecule has 1 saturated heterocycles. The van der Waals surface area contributed by atoms with Gasteiger partial charge in [-0.3, -0.25) is 4.79 Å². The number of thiazole rings is 1. The molecule has 0 spiro atoms. The van der Waals surface area contributed by atoms with Gasteiger partial charge in [0.1, 0.15) is 5.78 Å².